The molecule has 0 radical (unpaired) electrons. The fraction of sp³-hybridized carbons (Fsp3) is 0. The number of hydrogen-bond acceptors (Lipinski definition) is 6. The average Bonchev–Trinajstić information content (AvgIpc) is 3.42. The number of nitrogens with zero attached hydrogens (tertiary/aromatic N) is 5. The lowest BCUT2D eigenvalue weighted by Gasteiger charge is -2.02. The molecule has 1 aromatic carbocycles. The highest BCUT2D eigenvalue weighted by Gasteiger charge is 2.17. The molecule has 0 saturated heterocycles. The van der Waals surface area contributed by atoms with Crippen molar-refractivity contribution in [3.63, 3.8) is 0 Å². The van der Waals surface area contributed by atoms with E-state index in [-0.39, 0.29) is 5.82 Å². The second-order valence-electron chi connectivity index (χ2n) is 7.35. The van der Waals surface area contributed by atoms with Gasteiger partial charge in [0.25, 0.3) is 0 Å². The van der Waals surface area contributed by atoms with Gasteiger partial charge in [0.15, 0.2) is 11.5 Å². The van der Waals surface area contributed by atoms with Gasteiger partial charge in [-0.05, 0) is 35.9 Å². The number of hydrogen-bond donors (Lipinski definition) is 3. The van der Waals surface area contributed by atoms with Gasteiger partial charge >= 0.3 is 0 Å². The topological polar surface area (TPSA) is 122 Å². The molecule has 6 aromatic rings. The van der Waals surface area contributed by atoms with Crippen molar-refractivity contribution in [2.75, 3.05) is 5.73 Å². The lowest BCUT2D eigenvalue weighted by Crippen LogP contribution is -1.90. The Hall–Kier alpha value is -4.66. The van der Waals surface area contributed by atoms with Crippen molar-refractivity contribution in [2.24, 2.45) is 0 Å². The maximum absolute atomic E-state index is 13.8. The molecule has 0 aliphatic heterocycles. The van der Waals surface area contributed by atoms with Crippen LogP contribution in [0.15, 0.2) is 67.3 Å². The van der Waals surface area contributed by atoms with E-state index in [0.29, 0.717) is 39.3 Å². The van der Waals surface area contributed by atoms with Gasteiger partial charge in [-0.3, -0.25) is 15.1 Å². The smallest absolute Gasteiger partial charge is 0.161 e. The van der Waals surface area contributed by atoms with Gasteiger partial charge in [-0.25, -0.2) is 14.4 Å². The number of anilines is 1. The number of nitrogen functional groups attached to an aromatic ring is 1. The second-order valence-corrected chi connectivity index (χ2v) is 7.35. The van der Waals surface area contributed by atoms with Crippen LogP contribution in [0.1, 0.15) is 0 Å². The molecule has 6 rings (SSSR count). The summed E-state index contributed by atoms with van der Waals surface area (Å²) in [5.74, 6) is 0.216. The van der Waals surface area contributed by atoms with Gasteiger partial charge in [0.2, 0.25) is 0 Å². The first-order chi connectivity index (χ1) is 15.7. The Bertz CT molecular complexity index is 1620. The molecule has 5 heterocycles. The predicted octanol–water partition coefficient (Wildman–Crippen LogP) is 4.35. The summed E-state index contributed by atoms with van der Waals surface area (Å²) >= 11 is 0. The number of H-pyrrole nitrogens is 2. The molecule has 8 nitrogen and oxygen atoms in total. The van der Waals surface area contributed by atoms with E-state index in [9.17, 15) is 4.39 Å². The van der Waals surface area contributed by atoms with E-state index in [4.69, 9.17) is 15.7 Å². The summed E-state index contributed by atoms with van der Waals surface area (Å²) in [5.41, 5.74) is 12.8. The van der Waals surface area contributed by atoms with Crippen LogP contribution in [0.3, 0.4) is 0 Å². The Balaban J connectivity index is 1.51. The molecule has 0 saturated carbocycles. The molecule has 0 spiro atoms. The van der Waals surface area contributed by atoms with Gasteiger partial charge in [0.1, 0.15) is 11.3 Å². The van der Waals surface area contributed by atoms with Crippen LogP contribution in [0.2, 0.25) is 0 Å². The molecule has 4 N–H and O–H groups in total. The summed E-state index contributed by atoms with van der Waals surface area (Å²) < 4.78 is 13.8. The van der Waals surface area contributed by atoms with Crippen LogP contribution in [-0.2, 0) is 0 Å². The molecule has 5 aromatic heterocycles. The van der Waals surface area contributed by atoms with Crippen LogP contribution < -0.4 is 5.73 Å². The van der Waals surface area contributed by atoms with Crippen LogP contribution in [0, 0.1) is 5.82 Å². The van der Waals surface area contributed by atoms with Gasteiger partial charge < -0.3 is 10.7 Å². The molecule has 154 valence electrons. The van der Waals surface area contributed by atoms with Gasteiger partial charge in [-0.15, -0.1) is 0 Å². The van der Waals surface area contributed by atoms with E-state index in [1.54, 1.807) is 30.9 Å². The Morgan fingerprint density at radius 1 is 0.812 bits per heavy atom. The molecule has 0 amide bonds. The number of fused-ring (bicyclic) bond motifs is 2. The lowest BCUT2D eigenvalue weighted by molar-refractivity contribution is 0.628. The third kappa shape index (κ3) is 2.95. The minimum atomic E-state index is -0.318. The summed E-state index contributed by atoms with van der Waals surface area (Å²) in [5, 5.41) is 7.42. The Morgan fingerprint density at radius 3 is 2.59 bits per heavy atom. The normalized spacial score (nSPS) is 11.4. The predicted molar refractivity (Wildman–Crippen MR) is 120 cm³/mol. The highest BCUT2D eigenvalue weighted by molar-refractivity contribution is 5.95. The number of halogens is 1. The SMILES string of the molecule is Nc1cncc(-c2ccc3[nH]nc(-c4nc5c(-c6cccc(F)c6)cncc5[nH]4)c3n2)c1. The van der Waals surface area contributed by atoms with Crippen LogP contribution in [-0.4, -0.2) is 35.1 Å². The summed E-state index contributed by atoms with van der Waals surface area (Å²) in [6.07, 6.45) is 6.65. The zero-order valence-electron chi connectivity index (χ0n) is 16.5. The van der Waals surface area contributed by atoms with Gasteiger partial charge in [0.05, 0.1) is 34.1 Å². The number of nitrogens with two attached hydrogens (primary N) is 1. The molecular weight excluding hydrogens is 407 g/mol. The molecule has 0 aliphatic carbocycles. The first-order valence-corrected chi connectivity index (χ1v) is 9.82. The van der Waals surface area contributed by atoms with Crippen molar-refractivity contribution in [1.82, 2.24) is 35.1 Å². The summed E-state index contributed by atoms with van der Waals surface area (Å²) in [6, 6.07) is 12.0. The quantitative estimate of drug-likeness (QED) is 0.390. The number of imidazole rings is 1. The Kier molecular flexibility index (Phi) is 3.94. The average molecular weight is 422 g/mol. The molecule has 0 bridgehead atoms. The third-order valence-corrected chi connectivity index (χ3v) is 5.22. The minimum absolute atomic E-state index is 0.318. The summed E-state index contributed by atoms with van der Waals surface area (Å²) in [4.78, 5) is 21.2. The lowest BCUT2D eigenvalue weighted by atomic mass is 10.1. The van der Waals surface area contributed by atoms with Gasteiger partial charge in [-0.2, -0.15) is 5.10 Å². The van der Waals surface area contributed by atoms with Crippen LogP contribution in [0.4, 0.5) is 10.1 Å². The number of aromatic amines is 2. The molecule has 9 heteroatoms. The van der Waals surface area contributed by atoms with Crippen molar-refractivity contribution >= 4 is 27.8 Å². The number of nitrogens with one attached hydrogen (secondary N) is 2. The van der Waals surface area contributed by atoms with E-state index in [1.165, 1.54) is 12.1 Å². The third-order valence-electron chi connectivity index (χ3n) is 5.22. The Morgan fingerprint density at radius 2 is 1.72 bits per heavy atom. The largest absolute Gasteiger partial charge is 0.397 e. The standard InChI is InChI=1S/C23H15FN8/c24-14-3-1-2-12(6-14)16-10-27-11-19-20(16)30-23(29-19)22-21-18(31-32-22)5-4-17(28-21)13-7-15(25)9-26-8-13/h1-11H,25H2,(H,29,30)(H,31,32). The van der Waals surface area contributed by atoms with Crippen molar-refractivity contribution in [3.8, 4) is 33.9 Å². The summed E-state index contributed by atoms with van der Waals surface area (Å²) in [6.45, 7) is 0. The first kappa shape index (κ1) is 18.1. The van der Waals surface area contributed by atoms with E-state index >= 15 is 0 Å². The number of benzene rings is 1. The number of aromatic nitrogens is 7. The van der Waals surface area contributed by atoms with Crippen LogP contribution in [0.25, 0.3) is 56.0 Å². The fourth-order valence-corrected chi connectivity index (χ4v) is 3.74. The van der Waals surface area contributed by atoms with E-state index < -0.39 is 0 Å². The molecule has 32 heavy (non-hydrogen) atoms. The molecule has 0 atom stereocenters. The van der Waals surface area contributed by atoms with Crippen LogP contribution >= 0.6 is 0 Å². The van der Waals surface area contributed by atoms with Crippen molar-refractivity contribution < 1.29 is 4.39 Å². The van der Waals surface area contributed by atoms with Crippen molar-refractivity contribution in [2.45, 2.75) is 0 Å². The van der Waals surface area contributed by atoms with Crippen LogP contribution in [0.5, 0.6) is 0 Å². The van der Waals surface area contributed by atoms with Crippen molar-refractivity contribution in [1.29, 1.82) is 0 Å². The van der Waals surface area contributed by atoms with Gasteiger partial charge in [0, 0.05) is 29.7 Å². The zero-order chi connectivity index (χ0) is 21.7. The number of rotatable bonds is 3. The highest BCUT2D eigenvalue weighted by Crippen LogP contribution is 2.31. The minimum Gasteiger partial charge on any atom is -0.397 e. The first-order valence-electron chi connectivity index (χ1n) is 9.82. The van der Waals surface area contributed by atoms with Crippen molar-refractivity contribution in [3.05, 3.63) is 73.1 Å². The summed E-state index contributed by atoms with van der Waals surface area (Å²) in [7, 11) is 0. The van der Waals surface area contributed by atoms with Gasteiger partial charge in [-0.1, -0.05) is 12.1 Å². The molecule has 0 fully saturated rings. The zero-order valence-corrected chi connectivity index (χ0v) is 16.5. The maximum atomic E-state index is 13.8. The fourth-order valence-electron chi connectivity index (χ4n) is 3.74. The monoisotopic (exact) mass is 422 g/mol. The highest BCUT2D eigenvalue weighted by atomic mass is 19.1. The van der Waals surface area contributed by atoms with E-state index in [2.05, 4.69) is 25.1 Å². The number of pyridine rings is 3. The molecule has 0 unspecified atom stereocenters. The van der Waals surface area contributed by atoms with E-state index in [0.717, 1.165) is 22.3 Å². The molecular formula is C23H15FN8. The Labute approximate surface area is 180 Å². The molecule has 0 aliphatic rings. The van der Waals surface area contributed by atoms with E-state index in [1.807, 2.05) is 24.3 Å². The maximum Gasteiger partial charge on any atom is 0.161 e. The second kappa shape index (κ2) is 6.95.